The molecule has 33 heavy (non-hydrogen) atoms. The zero-order valence-electron chi connectivity index (χ0n) is 19.0. The number of ether oxygens (including phenoxy) is 1. The normalized spacial score (nSPS) is 13.3. The highest BCUT2D eigenvalue weighted by atomic mass is 16.5. The molecule has 2 amide bonds. The number of nitrogens with zero attached hydrogens (tertiary/aromatic N) is 3. The fraction of sp³-hybridized carbons (Fsp3) is 0.308. The summed E-state index contributed by atoms with van der Waals surface area (Å²) in [5.41, 5.74) is 3.35. The van der Waals surface area contributed by atoms with Crippen LogP contribution < -0.4 is 10.1 Å². The highest BCUT2D eigenvalue weighted by molar-refractivity contribution is 5.96. The van der Waals surface area contributed by atoms with Crippen molar-refractivity contribution < 1.29 is 14.3 Å². The van der Waals surface area contributed by atoms with Crippen molar-refractivity contribution in [3.05, 3.63) is 71.4 Å². The van der Waals surface area contributed by atoms with Crippen molar-refractivity contribution in [2.45, 2.75) is 33.1 Å². The zero-order valence-corrected chi connectivity index (χ0v) is 19.0. The first-order chi connectivity index (χ1) is 16.0. The average Bonchev–Trinajstić information content (AvgIpc) is 3.24. The minimum absolute atomic E-state index is 0.190. The first kappa shape index (κ1) is 22.5. The number of rotatable bonds is 8. The van der Waals surface area contributed by atoms with Crippen LogP contribution >= 0.6 is 0 Å². The fourth-order valence-corrected chi connectivity index (χ4v) is 3.72. The number of likely N-dealkylation sites (tertiary alicyclic amines) is 1. The Kier molecular flexibility index (Phi) is 6.98. The summed E-state index contributed by atoms with van der Waals surface area (Å²) in [6, 6.07) is 15.3. The minimum atomic E-state index is -0.304. The molecule has 1 saturated heterocycles. The lowest BCUT2D eigenvalue weighted by Gasteiger charge is -2.16. The number of aryl methyl sites for hydroxylation is 2. The maximum atomic E-state index is 12.9. The van der Waals surface area contributed by atoms with Crippen molar-refractivity contribution in [3.63, 3.8) is 0 Å². The van der Waals surface area contributed by atoms with Crippen LogP contribution in [0.5, 0.6) is 11.6 Å². The molecule has 7 nitrogen and oxygen atoms in total. The van der Waals surface area contributed by atoms with Gasteiger partial charge < -0.3 is 15.0 Å². The van der Waals surface area contributed by atoms with Gasteiger partial charge in [-0.1, -0.05) is 36.4 Å². The monoisotopic (exact) mass is 444 g/mol. The Bertz CT molecular complexity index is 1150. The molecular formula is C26H28N4O3. The number of aromatic nitrogens is 2. The number of carbonyl (C=O) groups is 2. The standard InChI is InChI=1S/C26H28N4O3/c1-18-11-12-21(16-19(18)2)33-26-22(17-28-24(29-26)20-8-4-3-5-9-20)25(32)27-13-7-15-30-14-6-10-23(30)31/h3-5,8-9,11-12,16-17H,6-7,10,13-15H2,1-2H3,(H,27,32). The number of hydrogen-bond acceptors (Lipinski definition) is 5. The number of hydrogen-bond donors (Lipinski definition) is 1. The van der Waals surface area contributed by atoms with E-state index in [1.54, 1.807) is 0 Å². The number of carbonyl (C=O) groups excluding carboxylic acids is 2. The van der Waals surface area contributed by atoms with E-state index in [1.807, 2.05) is 67.3 Å². The van der Waals surface area contributed by atoms with Crippen LogP contribution in [0.2, 0.25) is 0 Å². The predicted octanol–water partition coefficient (Wildman–Crippen LogP) is 4.30. The largest absolute Gasteiger partial charge is 0.438 e. The predicted molar refractivity (Wildman–Crippen MR) is 126 cm³/mol. The molecule has 2 aromatic carbocycles. The van der Waals surface area contributed by atoms with E-state index in [1.165, 1.54) is 6.20 Å². The van der Waals surface area contributed by atoms with E-state index in [-0.39, 0.29) is 23.3 Å². The Labute approximate surface area is 193 Å². The quantitative estimate of drug-likeness (QED) is 0.524. The Balaban J connectivity index is 1.51. The lowest BCUT2D eigenvalue weighted by molar-refractivity contribution is -0.127. The van der Waals surface area contributed by atoms with Gasteiger partial charge in [0.2, 0.25) is 11.8 Å². The van der Waals surface area contributed by atoms with Gasteiger partial charge in [0.25, 0.3) is 5.91 Å². The molecular weight excluding hydrogens is 416 g/mol. The van der Waals surface area contributed by atoms with Crippen LogP contribution in [0, 0.1) is 13.8 Å². The molecule has 3 aromatic rings. The van der Waals surface area contributed by atoms with Gasteiger partial charge in [-0.05, 0) is 49.9 Å². The third kappa shape index (κ3) is 5.55. The molecule has 4 rings (SSSR count). The molecule has 170 valence electrons. The summed E-state index contributed by atoms with van der Waals surface area (Å²) in [7, 11) is 0. The SMILES string of the molecule is Cc1ccc(Oc2nc(-c3ccccc3)ncc2C(=O)NCCCN2CCCC2=O)cc1C. The molecule has 0 aliphatic carbocycles. The van der Waals surface area contributed by atoms with E-state index < -0.39 is 0 Å². The van der Waals surface area contributed by atoms with Crippen molar-refractivity contribution >= 4 is 11.8 Å². The van der Waals surface area contributed by atoms with E-state index in [0.29, 0.717) is 37.5 Å². The highest BCUT2D eigenvalue weighted by Crippen LogP contribution is 2.27. The van der Waals surface area contributed by atoms with Crippen LogP contribution in [0.4, 0.5) is 0 Å². The zero-order chi connectivity index (χ0) is 23.2. The van der Waals surface area contributed by atoms with Gasteiger partial charge in [0.1, 0.15) is 11.3 Å². The second kappa shape index (κ2) is 10.3. The van der Waals surface area contributed by atoms with E-state index in [4.69, 9.17) is 4.74 Å². The molecule has 0 unspecified atom stereocenters. The van der Waals surface area contributed by atoms with Crippen LogP contribution in [-0.4, -0.2) is 46.3 Å². The van der Waals surface area contributed by atoms with E-state index in [9.17, 15) is 9.59 Å². The first-order valence-electron chi connectivity index (χ1n) is 11.2. The third-order valence-electron chi connectivity index (χ3n) is 5.79. The van der Waals surface area contributed by atoms with E-state index in [2.05, 4.69) is 15.3 Å². The number of benzene rings is 2. The molecule has 7 heteroatoms. The lowest BCUT2D eigenvalue weighted by atomic mass is 10.1. The van der Waals surface area contributed by atoms with Gasteiger partial charge in [0.15, 0.2) is 5.82 Å². The highest BCUT2D eigenvalue weighted by Gasteiger charge is 2.20. The second-order valence-electron chi connectivity index (χ2n) is 8.22. The Morgan fingerprint density at radius 3 is 2.67 bits per heavy atom. The third-order valence-corrected chi connectivity index (χ3v) is 5.79. The van der Waals surface area contributed by atoms with Crippen molar-refractivity contribution in [1.29, 1.82) is 0 Å². The summed E-state index contributed by atoms with van der Waals surface area (Å²) in [6.07, 6.45) is 3.73. The molecule has 0 spiro atoms. The van der Waals surface area contributed by atoms with Crippen LogP contribution in [-0.2, 0) is 4.79 Å². The van der Waals surface area contributed by atoms with Crippen molar-refractivity contribution in [2.75, 3.05) is 19.6 Å². The first-order valence-corrected chi connectivity index (χ1v) is 11.2. The smallest absolute Gasteiger partial charge is 0.258 e. The molecule has 1 aliphatic heterocycles. The van der Waals surface area contributed by atoms with Gasteiger partial charge in [-0.15, -0.1) is 0 Å². The van der Waals surface area contributed by atoms with E-state index >= 15 is 0 Å². The molecule has 0 bridgehead atoms. The Morgan fingerprint density at radius 1 is 1.12 bits per heavy atom. The topological polar surface area (TPSA) is 84.4 Å². The van der Waals surface area contributed by atoms with Crippen molar-refractivity contribution in [1.82, 2.24) is 20.2 Å². The summed E-state index contributed by atoms with van der Waals surface area (Å²) < 4.78 is 6.07. The second-order valence-corrected chi connectivity index (χ2v) is 8.22. The van der Waals surface area contributed by atoms with Crippen LogP contribution in [0.1, 0.15) is 40.7 Å². The maximum Gasteiger partial charge on any atom is 0.258 e. The molecule has 2 heterocycles. The average molecular weight is 445 g/mol. The van der Waals surface area contributed by atoms with Gasteiger partial charge in [0, 0.05) is 37.8 Å². The van der Waals surface area contributed by atoms with Crippen molar-refractivity contribution in [3.8, 4) is 23.0 Å². The fourth-order valence-electron chi connectivity index (χ4n) is 3.72. The Morgan fingerprint density at radius 2 is 1.94 bits per heavy atom. The Hall–Kier alpha value is -3.74. The molecule has 1 fully saturated rings. The minimum Gasteiger partial charge on any atom is -0.438 e. The van der Waals surface area contributed by atoms with Gasteiger partial charge >= 0.3 is 0 Å². The van der Waals surface area contributed by atoms with Crippen LogP contribution in [0.15, 0.2) is 54.7 Å². The van der Waals surface area contributed by atoms with Gasteiger partial charge in [-0.2, -0.15) is 4.98 Å². The van der Waals surface area contributed by atoms with Crippen LogP contribution in [0.3, 0.4) is 0 Å². The summed E-state index contributed by atoms with van der Waals surface area (Å²) in [6.45, 7) is 5.94. The molecule has 1 aromatic heterocycles. The molecule has 1 aliphatic rings. The number of nitrogens with one attached hydrogen (secondary N) is 1. The van der Waals surface area contributed by atoms with Crippen LogP contribution in [0.25, 0.3) is 11.4 Å². The summed E-state index contributed by atoms with van der Waals surface area (Å²) >= 11 is 0. The molecule has 0 radical (unpaired) electrons. The molecule has 1 N–H and O–H groups in total. The summed E-state index contributed by atoms with van der Waals surface area (Å²) in [5, 5.41) is 2.91. The lowest BCUT2D eigenvalue weighted by Crippen LogP contribution is -2.31. The molecule has 0 atom stereocenters. The molecule has 0 saturated carbocycles. The maximum absolute atomic E-state index is 12.9. The van der Waals surface area contributed by atoms with Gasteiger partial charge in [-0.3, -0.25) is 9.59 Å². The van der Waals surface area contributed by atoms with E-state index in [0.717, 1.165) is 29.7 Å². The van der Waals surface area contributed by atoms with Gasteiger partial charge in [0.05, 0.1) is 0 Å². The summed E-state index contributed by atoms with van der Waals surface area (Å²) in [4.78, 5) is 35.5. The van der Waals surface area contributed by atoms with Gasteiger partial charge in [-0.25, -0.2) is 4.98 Å². The summed E-state index contributed by atoms with van der Waals surface area (Å²) in [5.74, 6) is 1.19. The number of amides is 2. The van der Waals surface area contributed by atoms with Crippen molar-refractivity contribution in [2.24, 2.45) is 0 Å².